The monoisotopic (exact) mass is 492 g/mol. The zero-order valence-electron chi connectivity index (χ0n) is 21.3. The van der Waals surface area contributed by atoms with Crippen LogP contribution in [0, 0.1) is 5.92 Å². The molecule has 0 aromatic heterocycles. The number of aliphatic imine (C=N–C) groups is 1. The number of carboxylic acids is 2. The van der Waals surface area contributed by atoms with Gasteiger partial charge in [-0.05, 0) is 36.3 Å². The number of benzene rings is 2. The summed E-state index contributed by atoms with van der Waals surface area (Å²) in [5.74, 6) is -1.32. The molecule has 2 aromatic rings. The van der Waals surface area contributed by atoms with E-state index in [2.05, 4.69) is 83.8 Å². The van der Waals surface area contributed by atoms with Gasteiger partial charge in [0.05, 0.1) is 6.34 Å². The molecule has 194 valence electrons. The topological polar surface area (TPSA) is 90.2 Å². The summed E-state index contributed by atoms with van der Waals surface area (Å²) in [5, 5.41) is 15.6. The van der Waals surface area contributed by atoms with Crippen LogP contribution in [-0.2, 0) is 9.59 Å². The highest BCUT2D eigenvalue weighted by Crippen LogP contribution is 2.37. The molecule has 1 aliphatic heterocycles. The first-order valence-corrected chi connectivity index (χ1v) is 13.0. The number of hydrogen-bond acceptors (Lipinski definition) is 3. The molecule has 0 saturated carbocycles. The van der Waals surface area contributed by atoms with E-state index in [0.29, 0.717) is 24.0 Å². The van der Waals surface area contributed by atoms with Crippen LogP contribution in [0.25, 0.3) is 0 Å². The molecule has 0 bridgehead atoms. The van der Waals surface area contributed by atoms with Crippen molar-refractivity contribution in [2.24, 2.45) is 10.9 Å². The van der Waals surface area contributed by atoms with E-state index in [4.69, 9.17) is 10.2 Å². The Labute approximate surface area is 215 Å². The van der Waals surface area contributed by atoms with E-state index in [0.717, 1.165) is 19.6 Å². The van der Waals surface area contributed by atoms with Crippen LogP contribution in [0.15, 0.2) is 77.8 Å². The molecule has 6 nitrogen and oxygen atoms in total. The van der Waals surface area contributed by atoms with Gasteiger partial charge in [-0.1, -0.05) is 93.3 Å². The van der Waals surface area contributed by atoms with E-state index < -0.39 is 11.9 Å². The number of rotatable bonds is 12. The molecular weight excluding hydrogens is 452 g/mol. The first-order valence-electron chi connectivity index (χ1n) is 13.0. The maximum atomic E-state index is 9.55. The number of likely N-dealkylation sites (tertiary alicyclic amines) is 1. The third-order valence-electron chi connectivity index (χ3n) is 6.37. The molecule has 2 aromatic carbocycles. The van der Waals surface area contributed by atoms with Crippen molar-refractivity contribution in [2.45, 2.75) is 57.8 Å². The van der Waals surface area contributed by atoms with Crippen LogP contribution in [-0.4, -0.2) is 53.0 Å². The van der Waals surface area contributed by atoms with Crippen molar-refractivity contribution in [1.29, 1.82) is 0 Å². The van der Waals surface area contributed by atoms with Crippen LogP contribution in [0.1, 0.15) is 68.9 Å². The summed E-state index contributed by atoms with van der Waals surface area (Å²) in [7, 11) is 0. The molecule has 0 radical (unpaired) electrons. The molecule has 0 spiro atoms. The van der Waals surface area contributed by atoms with E-state index in [-0.39, 0.29) is 0 Å². The van der Waals surface area contributed by atoms with Crippen LogP contribution in [0.5, 0.6) is 0 Å². The zero-order valence-corrected chi connectivity index (χ0v) is 21.3. The van der Waals surface area contributed by atoms with E-state index >= 15 is 0 Å². The van der Waals surface area contributed by atoms with Gasteiger partial charge < -0.3 is 15.1 Å². The van der Waals surface area contributed by atoms with Crippen molar-refractivity contribution in [3.8, 4) is 0 Å². The highest BCUT2D eigenvalue weighted by molar-refractivity contribution is 5.89. The Bertz CT molecular complexity index is 880. The van der Waals surface area contributed by atoms with Gasteiger partial charge in [0.15, 0.2) is 0 Å². The zero-order chi connectivity index (χ0) is 26.0. The number of unbranched alkanes of at least 4 members (excludes halogenated alkanes) is 4. The second kappa shape index (κ2) is 17.1. The fourth-order valence-corrected chi connectivity index (χ4v) is 4.55. The summed E-state index contributed by atoms with van der Waals surface area (Å²) >= 11 is 0. The molecule has 0 unspecified atom stereocenters. The minimum absolute atomic E-state index is 0.500. The van der Waals surface area contributed by atoms with Crippen LogP contribution in [0.3, 0.4) is 0 Å². The molecular formula is C30H40N2O4. The second-order valence-corrected chi connectivity index (χ2v) is 9.12. The highest BCUT2D eigenvalue weighted by Gasteiger charge is 2.28. The van der Waals surface area contributed by atoms with Gasteiger partial charge in [-0.25, -0.2) is 9.59 Å². The quantitative estimate of drug-likeness (QED) is 0.158. The van der Waals surface area contributed by atoms with Crippen molar-refractivity contribution in [3.05, 3.63) is 83.9 Å². The predicted molar refractivity (Wildman–Crippen MR) is 146 cm³/mol. The lowest BCUT2D eigenvalue weighted by Gasteiger charge is -2.36. The molecule has 3 rings (SSSR count). The normalized spacial score (nSPS) is 14.2. The van der Waals surface area contributed by atoms with E-state index in [9.17, 15) is 9.59 Å². The number of carbonyl (C=O) groups is 2. The Hall–Kier alpha value is -3.41. The predicted octanol–water partition coefficient (Wildman–Crippen LogP) is 6.24. The van der Waals surface area contributed by atoms with Gasteiger partial charge in [-0.2, -0.15) is 0 Å². The fourth-order valence-electron chi connectivity index (χ4n) is 4.55. The Kier molecular flexibility index (Phi) is 13.7. The maximum absolute atomic E-state index is 9.55. The van der Waals surface area contributed by atoms with Gasteiger partial charge in [0.25, 0.3) is 0 Å². The Morgan fingerprint density at radius 1 is 0.861 bits per heavy atom. The van der Waals surface area contributed by atoms with Gasteiger partial charge >= 0.3 is 11.9 Å². The van der Waals surface area contributed by atoms with Gasteiger partial charge in [0.1, 0.15) is 0 Å². The van der Waals surface area contributed by atoms with Gasteiger partial charge in [0, 0.05) is 37.7 Å². The Balaban J connectivity index is 0.000000493. The molecule has 0 amide bonds. The first-order chi connectivity index (χ1) is 17.5. The van der Waals surface area contributed by atoms with E-state index in [1.54, 1.807) is 0 Å². The van der Waals surface area contributed by atoms with Crippen LogP contribution < -0.4 is 0 Å². The molecule has 1 fully saturated rings. The number of nitrogens with zero attached hydrogens (tertiary/aromatic N) is 2. The van der Waals surface area contributed by atoms with Crippen molar-refractivity contribution < 1.29 is 19.8 Å². The molecule has 0 atom stereocenters. The summed E-state index contributed by atoms with van der Waals surface area (Å²) in [5.41, 5.74) is 2.90. The molecule has 2 N–H and O–H groups in total. The lowest BCUT2D eigenvalue weighted by Crippen LogP contribution is -2.35. The summed E-state index contributed by atoms with van der Waals surface area (Å²) in [6.45, 7) is 5.50. The molecule has 1 saturated heterocycles. The molecule has 0 aliphatic carbocycles. The van der Waals surface area contributed by atoms with Crippen LogP contribution >= 0.6 is 0 Å². The Morgan fingerprint density at radius 3 is 1.83 bits per heavy atom. The average Bonchev–Trinajstić information content (AvgIpc) is 2.90. The largest absolute Gasteiger partial charge is 0.478 e. The Morgan fingerprint density at radius 2 is 1.36 bits per heavy atom. The minimum atomic E-state index is -1.26. The molecule has 1 heterocycles. The first kappa shape index (κ1) is 28.8. The SMILES string of the molecule is CCCCCCCN=CN1CCC(C(c2ccccc2)c2ccccc2)CC1.O=C(O)/C=C/C(=O)O. The summed E-state index contributed by atoms with van der Waals surface area (Å²) < 4.78 is 0. The third kappa shape index (κ3) is 11.3. The molecule has 6 heteroatoms. The maximum Gasteiger partial charge on any atom is 0.328 e. The van der Waals surface area contributed by atoms with E-state index in [1.165, 1.54) is 56.1 Å². The number of aliphatic carboxylic acids is 2. The number of carboxylic acid groups (broad SMARTS) is 2. The third-order valence-corrected chi connectivity index (χ3v) is 6.37. The fraction of sp³-hybridized carbons (Fsp3) is 0.433. The second-order valence-electron chi connectivity index (χ2n) is 9.12. The van der Waals surface area contributed by atoms with Gasteiger partial charge in [0.2, 0.25) is 0 Å². The van der Waals surface area contributed by atoms with Crippen molar-refractivity contribution in [1.82, 2.24) is 4.90 Å². The average molecular weight is 493 g/mol. The summed E-state index contributed by atoms with van der Waals surface area (Å²) in [6.07, 6.45) is 12.3. The minimum Gasteiger partial charge on any atom is -0.478 e. The molecule has 1 aliphatic rings. The van der Waals surface area contributed by atoms with E-state index in [1.807, 2.05) is 0 Å². The van der Waals surface area contributed by atoms with Crippen LogP contribution in [0.4, 0.5) is 0 Å². The van der Waals surface area contributed by atoms with Crippen molar-refractivity contribution in [2.75, 3.05) is 19.6 Å². The summed E-state index contributed by atoms with van der Waals surface area (Å²) in [6, 6.07) is 22.1. The lowest BCUT2D eigenvalue weighted by atomic mass is 9.76. The van der Waals surface area contributed by atoms with Crippen LogP contribution in [0.2, 0.25) is 0 Å². The smallest absolute Gasteiger partial charge is 0.328 e. The number of hydrogen-bond donors (Lipinski definition) is 2. The molecule has 36 heavy (non-hydrogen) atoms. The van der Waals surface area contributed by atoms with Gasteiger partial charge in [-0.15, -0.1) is 0 Å². The summed E-state index contributed by atoms with van der Waals surface area (Å²) in [4.78, 5) is 26.2. The number of piperidine rings is 1. The van der Waals surface area contributed by atoms with Crippen molar-refractivity contribution >= 4 is 18.3 Å². The standard InChI is InChI=1S/C26H36N2.C4H4O4/c1-2-3-4-5-12-19-27-22-28-20-17-25(18-21-28)26(23-13-8-6-9-14-23)24-15-10-7-11-16-24;5-3(6)1-2-4(7)8/h6-11,13-16,22,25-26H,2-5,12,17-21H2,1H3;1-2H,(H,5,6)(H,7,8)/b;2-1+. The highest BCUT2D eigenvalue weighted by atomic mass is 16.4. The van der Waals surface area contributed by atoms with Crippen molar-refractivity contribution in [3.63, 3.8) is 0 Å². The lowest BCUT2D eigenvalue weighted by molar-refractivity contribution is -0.134. The van der Waals surface area contributed by atoms with Gasteiger partial charge in [-0.3, -0.25) is 4.99 Å².